The summed E-state index contributed by atoms with van der Waals surface area (Å²) in [5.74, 6) is 0. The van der Waals surface area contributed by atoms with Crippen LogP contribution in [0.5, 0.6) is 0 Å². The van der Waals surface area contributed by atoms with E-state index in [-0.39, 0.29) is 10.8 Å². The molecular weight excluding hydrogens is 262 g/mol. The first-order valence-corrected chi connectivity index (χ1v) is 8.64. The van der Waals surface area contributed by atoms with Gasteiger partial charge in [0, 0.05) is 38.3 Å². The molecule has 1 N–H and O–H groups in total. The molecule has 1 aliphatic heterocycles. The van der Waals surface area contributed by atoms with Crippen molar-refractivity contribution in [2.75, 3.05) is 39.3 Å². The standard InChI is InChI=1S/C13H29N3O2S/c1-6-14-11-12(2)19(17,18)16-9-7-15(8-10-16)13(3,4)5/h12,14H,6-11H2,1-5H3. The van der Waals surface area contributed by atoms with E-state index in [1.165, 1.54) is 0 Å². The van der Waals surface area contributed by atoms with Crippen LogP contribution in [0.15, 0.2) is 0 Å². The first kappa shape index (κ1) is 16.9. The molecule has 114 valence electrons. The minimum Gasteiger partial charge on any atom is -0.316 e. The summed E-state index contributed by atoms with van der Waals surface area (Å²) in [5, 5.41) is 2.76. The topological polar surface area (TPSA) is 52.7 Å². The van der Waals surface area contributed by atoms with Crippen LogP contribution in [-0.2, 0) is 10.0 Å². The summed E-state index contributed by atoms with van der Waals surface area (Å²) in [5.41, 5.74) is 0.116. The first-order chi connectivity index (χ1) is 8.69. The molecule has 0 spiro atoms. The van der Waals surface area contributed by atoms with Gasteiger partial charge < -0.3 is 5.32 Å². The van der Waals surface area contributed by atoms with E-state index >= 15 is 0 Å². The van der Waals surface area contributed by atoms with Crippen LogP contribution in [-0.4, -0.2) is 67.7 Å². The van der Waals surface area contributed by atoms with E-state index in [0.29, 0.717) is 19.6 Å². The highest BCUT2D eigenvalue weighted by Gasteiger charge is 2.33. The molecule has 6 heteroatoms. The molecule has 0 radical (unpaired) electrons. The quantitative estimate of drug-likeness (QED) is 0.811. The third-order valence-electron chi connectivity index (χ3n) is 3.74. The fourth-order valence-electron chi connectivity index (χ4n) is 2.32. The maximum Gasteiger partial charge on any atom is 0.218 e. The van der Waals surface area contributed by atoms with Crippen LogP contribution in [0, 0.1) is 0 Å². The van der Waals surface area contributed by atoms with Crippen molar-refractivity contribution in [3.63, 3.8) is 0 Å². The van der Waals surface area contributed by atoms with Crippen molar-refractivity contribution in [1.29, 1.82) is 0 Å². The third-order valence-corrected chi connectivity index (χ3v) is 6.01. The lowest BCUT2D eigenvalue weighted by Crippen LogP contribution is -2.56. The van der Waals surface area contributed by atoms with E-state index in [9.17, 15) is 8.42 Å². The number of hydrogen-bond acceptors (Lipinski definition) is 4. The van der Waals surface area contributed by atoms with Crippen LogP contribution < -0.4 is 5.32 Å². The van der Waals surface area contributed by atoms with E-state index in [4.69, 9.17) is 0 Å². The fraction of sp³-hybridized carbons (Fsp3) is 1.00. The summed E-state index contributed by atoms with van der Waals surface area (Å²) in [6.07, 6.45) is 0. The van der Waals surface area contributed by atoms with Gasteiger partial charge in [0.25, 0.3) is 0 Å². The molecule has 1 saturated heterocycles. The summed E-state index contributed by atoms with van der Waals surface area (Å²) in [7, 11) is -3.16. The summed E-state index contributed by atoms with van der Waals surface area (Å²) >= 11 is 0. The van der Waals surface area contributed by atoms with Gasteiger partial charge in [-0.1, -0.05) is 6.92 Å². The van der Waals surface area contributed by atoms with E-state index < -0.39 is 10.0 Å². The number of nitrogens with one attached hydrogen (secondary N) is 1. The Kier molecular flexibility index (Phi) is 5.79. The van der Waals surface area contributed by atoms with Gasteiger partial charge >= 0.3 is 0 Å². The van der Waals surface area contributed by atoms with Crippen LogP contribution >= 0.6 is 0 Å². The monoisotopic (exact) mass is 291 g/mol. The van der Waals surface area contributed by atoms with Crippen molar-refractivity contribution in [1.82, 2.24) is 14.5 Å². The molecule has 1 fully saturated rings. The van der Waals surface area contributed by atoms with Crippen molar-refractivity contribution >= 4 is 10.0 Å². The summed E-state index contributed by atoms with van der Waals surface area (Å²) < 4.78 is 26.5. The van der Waals surface area contributed by atoms with Crippen molar-refractivity contribution in [3.8, 4) is 0 Å². The van der Waals surface area contributed by atoms with Gasteiger partial charge in [0.05, 0.1) is 5.25 Å². The lowest BCUT2D eigenvalue weighted by atomic mass is 10.1. The van der Waals surface area contributed by atoms with Gasteiger partial charge in [0.15, 0.2) is 0 Å². The number of hydrogen-bond donors (Lipinski definition) is 1. The second-order valence-corrected chi connectivity index (χ2v) is 8.57. The second-order valence-electron chi connectivity index (χ2n) is 6.22. The van der Waals surface area contributed by atoms with Gasteiger partial charge in [-0.05, 0) is 34.2 Å². The van der Waals surface area contributed by atoms with E-state index in [1.807, 2.05) is 6.92 Å². The van der Waals surface area contributed by atoms with Crippen molar-refractivity contribution in [3.05, 3.63) is 0 Å². The highest BCUT2D eigenvalue weighted by Crippen LogP contribution is 2.18. The molecule has 0 aliphatic carbocycles. The highest BCUT2D eigenvalue weighted by atomic mass is 32.2. The van der Waals surface area contributed by atoms with E-state index in [0.717, 1.165) is 19.6 Å². The molecular formula is C13H29N3O2S. The predicted octanol–water partition coefficient (Wildman–Crippen LogP) is 0.730. The Morgan fingerprint density at radius 3 is 2.11 bits per heavy atom. The molecule has 5 nitrogen and oxygen atoms in total. The number of rotatable bonds is 5. The van der Waals surface area contributed by atoms with Gasteiger partial charge in [-0.15, -0.1) is 0 Å². The molecule has 1 aliphatic rings. The molecule has 1 atom stereocenters. The van der Waals surface area contributed by atoms with Crippen LogP contribution in [0.2, 0.25) is 0 Å². The van der Waals surface area contributed by atoms with Crippen molar-refractivity contribution in [2.45, 2.75) is 45.4 Å². The first-order valence-electron chi connectivity index (χ1n) is 7.14. The van der Waals surface area contributed by atoms with Crippen LogP contribution in [0.25, 0.3) is 0 Å². The Labute approximate surface area is 118 Å². The largest absolute Gasteiger partial charge is 0.316 e. The third kappa shape index (κ3) is 4.41. The summed E-state index contributed by atoms with van der Waals surface area (Å²) in [4.78, 5) is 2.34. The van der Waals surface area contributed by atoms with Gasteiger partial charge in [0.2, 0.25) is 10.0 Å². The molecule has 0 amide bonds. The highest BCUT2D eigenvalue weighted by molar-refractivity contribution is 7.89. The van der Waals surface area contributed by atoms with Crippen molar-refractivity contribution < 1.29 is 8.42 Å². The Bertz CT molecular complexity index is 368. The Morgan fingerprint density at radius 1 is 1.16 bits per heavy atom. The predicted molar refractivity (Wildman–Crippen MR) is 79.8 cm³/mol. The zero-order chi connectivity index (χ0) is 14.7. The molecule has 1 rings (SSSR count). The molecule has 1 unspecified atom stereocenters. The number of piperazine rings is 1. The van der Waals surface area contributed by atoms with E-state index in [2.05, 4.69) is 31.0 Å². The van der Waals surface area contributed by atoms with Crippen LogP contribution in [0.3, 0.4) is 0 Å². The van der Waals surface area contributed by atoms with Crippen LogP contribution in [0.1, 0.15) is 34.6 Å². The lowest BCUT2D eigenvalue weighted by Gasteiger charge is -2.42. The van der Waals surface area contributed by atoms with E-state index in [1.54, 1.807) is 11.2 Å². The normalized spacial score (nSPS) is 21.5. The Morgan fingerprint density at radius 2 is 1.68 bits per heavy atom. The fourth-order valence-corrected chi connectivity index (χ4v) is 3.83. The van der Waals surface area contributed by atoms with Crippen molar-refractivity contribution in [2.24, 2.45) is 0 Å². The summed E-state index contributed by atoms with van der Waals surface area (Å²) in [6, 6.07) is 0. The Hall–Kier alpha value is -0.170. The number of nitrogens with zero attached hydrogens (tertiary/aromatic N) is 2. The molecule has 0 aromatic rings. The summed E-state index contributed by atoms with van der Waals surface area (Å²) in [6.45, 7) is 14.5. The maximum absolute atomic E-state index is 12.4. The lowest BCUT2D eigenvalue weighted by molar-refractivity contribution is 0.0919. The average molecular weight is 291 g/mol. The van der Waals surface area contributed by atoms with Gasteiger partial charge in [0.1, 0.15) is 0 Å². The minimum atomic E-state index is -3.16. The Balaban J connectivity index is 2.59. The van der Waals surface area contributed by atoms with Gasteiger partial charge in [-0.2, -0.15) is 4.31 Å². The maximum atomic E-state index is 12.4. The molecule has 0 bridgehead atoms. The molecule has 19 heavy (non-hydrogen) atoms. The molecule has 0 aromatic heterocycles. The average Bonchev–Trinajstić information content (AvgIpc) is 2.35. The smallest absolute Gasteiger partial charge is 0.218 e. The second kappa shape index (κ2) is 6.52. The van der Waals surface area contributed by atoms with Gasteiger partial charge in [-0.3, -0.25) is 4.90 Å². The molecule has 1 heterocycles. The zero-order valence-corrected chi connectivity index (χ0v) is 13.8. The number of sulfonamides is 1. The zero-order valence-electron chi connectivity index (χ0n) is 12.9. The SMILES string of the molecule is CCNCC(C)S(=O)(=O)N1CCN(C(C)(C)C)CC1. The van der Waals surface area contributed by atoms with Crippen LogP contribution in [0.4, 0.5) is 0 Å². The molecule has 0 aromatic carbocycles. The van der Waals surface area contributed by atoms with Gasteiger partial charge in [-0.25, -0.2) is 8.42 Å². The molecule has 0 saturated carbocycles. The minimum absolute atomic E-state index is 0.116.